The monoisotopic (exact) mass is 318 g/mol. The zero-order valence-corrected chi connectivity index (χ0v) is 13.5. The van der Waals surface area contributed by atoms with Gasteiger partial charge in [-0.1, -0.05) is 30.3 Å². The molecule has 2 bridgehead atoms. The highest BCUT2D eigenvalue weighted by Gasteiger charge is 2.32. The maximum atomic E-state index is 12.5. The first-order valence-electron chi connectivity index (χ1n) is 8.40. The number of amides is 2. The number of fused-ring (bicyclic) bond motifs is 3. The van der Waals surface area contributed by atoms with Crippen LogP contribution < -0.4 is 5.32 Å². The Labute approximate surface area is 137 Å². The summed E-state index contributed by atoms with van der Waals surface area (Å²) < 4.78 is 0. The van der Waals surface area contributed by atoms with Crippen molar-refractivity contribution in [3.05, 3.63) is 35.9 Å². The summed E-state index contributed by atoms with van der Waals surface area (Å²) in [6.45, 7) is 7.06. The number of urea groups is 1. The second kappa shape index (κ2) is 7.77. The average molecular weight is 318 g/mol. The van der Waals surface area contributed by atoms with Crippen LogP contribution in [-0.2, 0) is 6.54 Å². The molecule has 23 heavy (non-hydrogen) atoms. The van der Waals surface area contributed by atoms with Crippen molar-refractivity contribution in [2.75, 3.05) is 52.4 Å². The molecule has 3 aliphatic rings. The fourth-order valence-electron chi connectivity index (χ4n) is 3.41. The molecule has 0 aromatic heterocycles. The Morgan fingerprint density at radius 2 is 1.96 bits per heavy atom. The summed E-state index contributed by atoms with van der Waals surface area (Å²) in [6, 6.07) is 10.2. The fourth-order valence-corrected chi connectivity index (χ4v) is 3.41. The van der Waals surface area contributed by atoms with E-state index in [0.717, 1.165) is 38.3 Å². The van der Waals surface area contributed by atoms with Crippen molar-refractivity contribution < 1.29 is 9.90 Å². The van der Waals surface area contributed by atoms with Crippen LogP contribution in [0.25, 0.3) is 0 Å². The number of rotatable bonds is 6. The molecule has 4 rings (SSSR count). The number of carbonyl (C=O) groups is 1. The smallest absolute Gasteiger partial charge is 0.317 e. The van der Waals surface area contributed by atoms with Gasteiger partial charge in [-0.15, -0.1) is 0 Å². The molecule has 6 nitrogen and oxygen atoms in total. The zero-order valence-electron chi connectivity index (χ0n) is 13.5. The molecule has 1 aromatic rings. The third kappa shape index (κ3) is 4.22. The summed E-state index contributed by atoms with van der Waals surface area (Å²) in [5.41, 5.74) is 1.07. The predicted octanol–water partition coefficient (Wildman–Crippen LogP) is 0.190. The van der Waals surface area contributed by atoms with Gasteiger partial charge in [-0.2, -0.15) is 0 Å². The van der Waals surface area contributed by atoms with Crippen LogP contribution in [0.5, 0.6) is 0 Å². The van der Waals surface area contributed by atoms with E-state index in [1.807, 2.05) is 30.3 Å². The van der Waals surface area contributed by atoms with Crippen LogP contribution in [0.4, 0.5) is 4.79 Å². The minimum absolute atomic E-state index is 0.0242. The van der Waals surface area contributed by atoms with E-state index in [0.29, 0.717) is 25.7 Å². The number of hydrogen-bond acceptors (Lipinski definition) is 4. The lowest BCUT2D eigenvalue weighted by atomic mass is 10.1. The van der Waals surface area contributed by atoms with Crippen molar-refractivity contribution in [2.24, 2.45) is 0 Å². The van der Waals surface area contributed by atoms with E-state index in [1.165, 1.54) is 0 Å². The molecule has 126 valence electrons. The SMILES string of the molecule is O=C(NCC1CN2CCN1CC2)N(CCO)Cc1ccccc1. The van der Waals surface area contributed by atoms with Gasteiger partial charge in [0, 0.05) is 58.4 Å². The van der Waals surface area contributed by atoms with E-state index in [1.54, 1.807) is 4.90 Å². The number of nitrogens with one attached hydrogen (secondary N) is 1. The number of benzene rings is 1. The van der Waals surface area contributed by atoms with E-state index in [-0.39, 0.29) is 12.6 Å². The van der Waals surface area contributed by atoms with Gasteiger partial charge in [-0.25, -0.2) is 4.79 Å². The summed E-state index contributed by atoms with van der Waals surface area (Å²) in [6.07, 6.45) is 0. The molecule has 1 atom stereocenters. The van der Waals surface area contributed by atoms with Crippen LogP contribution in [0.2, 0.25) is 0 Å². The highest BCUT2D eigenvalue weighted by Crippen LogP contribution is 2.15. The number of hydrogen-bond donors (Lipinski definition) is 2. The normalized spacial score (nSPS) is 26.0. The van der Waals surface area contributed by atoms with Gasteiger partial charge >= 0.3 is 6.03 Å². The number of carbonyl (C=O) groups excluding carboxylic acids is 1. The molecule has 3 saturated heterocycles. The minimum atomic E-state index is -0.0967. The summed E-state index contributed by atoms with van der Waals surface area (Å²) in [7, 11) is 0. The molecule has 1 unspecified atom stereocenters. The van der Waals surface area contributed by atoms with Crippen LogP contribution >= 0.6 is 0 Å². The summed E-state index contributed by atoms with van der Waals surface area (Å²) >= 11 is 0. The number of piperazine rings is 3. The first-order chi connectivity index (χ1) is 11.3. The third-order valence-corrected chi connectivity index (χ3v) is 4.75. The lowest BCUT2D eigenvalue weighted by Crippen LogP contribution is -2.63. The van der Waals surface area contributed by atoms with E-state index in [9.17, 15) is 9.90 Å². The van der Waals surface area contributed by atoms with E-state index in [4.69, 9.17) is 0 Å². The van der Waals surface area contributed by atoms with Crippen molar-refractivity contribution >= 4 is 6.03 Å². The van der Waals surface area contributed by atoms with Crippen LogP contribution in [0.1, 0.15) is 5.56 Å². The molecule has 2 N–H and O–H groups in total. The highest BCUT2D eigenvalue weighted by atomic mass is 16.3. The molecular formula is C17H26N4O2. The molecule has 0 spiro atoms. The van der Waals surface area contributed by atoms with Crippen molar-refractivity contribution in [3.8, 4) is 0 Å². The Kier molecular flexibility index (Phi) is 5.48. The molecule has 6 heteroatoms. The molecule has 3 heterocycles. The largest absolute Gasteiger partial charge is 0.395 e. The van der Waals surface area contributed by atoms with Crippen LogP contribution in [0.3, 0.4) is 0 Å². The Hall–Kier alpha value is -1.63. The van der Waals surface area contributed by atoms with Gasteiger partial charge in [0.25, 0.3) is 0 Å². The van der Waals surface area contributed by atoms with E-state index in [2.05, 4.69) is 15.1 Å². The van der Waals surface area contributed by atoms with Crippen molar-refractivity contribution in [2.45, 2.75) is 12.6 Å². The minimum Gasteiger partial charge on any atom is -0.395 e. The van der Waals surface area contributed by atoms with Gasteiger partial charge in [0.1, 0.15) is 0 Å². The second-order valence-electron chi connectivity index (χ2n) is 6.31. The van der Waals surface area contributed by atoms with Crippen molar-refractivity contribution in [1.29, 1.82) is 0 Å². The summed E-state index contributed by atoms with van der Waals surface area (Å²) in [5, 5.41) is 12.3. The topological polar surface area (TPSA) is 59.1 Å². The van der Waals surface area contributed by atoms with Gasteiger partial charge in [0.05, 0.1) is 6.61 Å². The fraction of sp³-hybridized carbons (Fsp3) is 0.588. The van der Waals surface area contributed by atoms with Crippen molar-refractivity contribution in [1.82, 2.24) is 20.0 Å². The highest BCUT2D eigenvalue weighted by molar-refractivity contribution is 5.74. The first-order valence-corrected chi connectivity index (χ1v) is 8.40. The van der Waals surface area contributed by atoms with Gasteiger partial charge < -0.3 is 15.3 Å². The first kappa shape index (κ1) is 16.2. The van der Waals surface area contributed by atoms with Gasteiger partial charge in [-0.05, 0) is 5.56 Å². The number of aliphatic hydroxyl groups is 1. The summed E-state index contributed by atoms with van der Waals surface area (Å²) in [5.74, 6) is 0. The number of aliphatic hydroxyl groups excluding tert-OH is 1. The van der Waals surface area contributed by atoms with Crippen LogP contribution in [-0.4, -0.2) is 84.3 Å². The number of nitrogens with zero attached hydrogens (tertiary/aromatic N) is 3. The lowest BCUT2D eigenvalue weighted by molar-refractivity contribution is 0.0142. The predicted molar refractivity (Wildman–Crippen MR) is 89.1 cm³/mol. The standard InChI is InChI=1S/C17H26N4O2/c22-11-10-21(13-15-4-2-1-3-5-15)17(23)18-12-16-14-19-6-8-20(16)9-7-19/h1-5,16,22H,6-14H2,(H,18,23). The van der Waals surface area contributed by atoms with Crippen LogP contribution in [0.15, 0.2) is 30.3 Å². The quantitative estimate of drug-likeness (QED) is 0.786. The molecule has 0 aliphatic carbocycles. The Morgan fingerprint density at radius 1 is 1.22 bits per heavy atom. The Bertz CT molecular complexity index is 503. The van der Waals surface area contributed by atoms with Gasteiger partial charge in [0.15, 0.2) is 0 Å². The molecular weight excluding hydrogens is 292 g/mol. The van der Waals surface area contributed by atoms with Crippen molar-refractivity contribution in [3.63, 3.8) is 0 Å². The maximum Gasteiger partial charge on any atom is 0.317 e. The molecule has 0 radical (unpaired) electrons. The Balaban J connectivity index is 1.52. The molecule has 3 aliphatic heterocycles. The average Bonchev–Trinajstić information content (AvgIpc) is 2.61. The zero-order chi connectivity index (χ0) is 16.1. The molecule has 1 aromatic carbocycles. The van der Waals surface area contributed by atoms with E-state index < -0.39 is 0 Å². The van der Waals surface area contributed by atoms with Gasteiger partial charge in [-0.3, -0.25) is 9.80 Å². The Morgan fingerprint density at radius 3 is 2.57 bits per heavy atom. The van der Waals surface area contributed by atoms with E-state index >= 15 is 0 Å². The third-order valence-electron chi connectivity index (χ3n) is 4.75. The molecule has 2 amide bonds. The second-order valence-corrected chi connectivity index (χ2v) is 6.31. The lowest BCUT2D eigenvalue weighted by Gasteiger charge is -2.47. The maximum absolute atomic E-state index is 12.5. The molecule has 0 saturated carbocycles. The van der Waals surface area contributed by atoms with Gasteiger partial charge in [0.2, 0.25) is 0 Å². The van der Waals surface area contributed by atoms with Crippen LogP contribution in [0, 0.1) is 0 Å². The summed E-state index contributed by atoms with van der Waals surface area (Å²) in [4.78, 5) is 19.1. The molecule has 3 fully saturated rings.